The fraction of sp³-hybridized carbons (Fsp3) is 0.469. The summed E-state index contributed by atoms with van der Waals surface area (Å²) in [6.07, 6.45) is 17.6. The van der Waals surface area contributed by atoms with Crippen molar-refractivity contribution in [2.24, 2.45) is 5.84 Å². The molecule has 0 amide bonds. The van der Waals surface area contributed by atoms with Gasteiger partial charge in [0.2, 0.25) is 5.43 Å². The summed E-state index contributed by atoms with van der Waals surface area (Å²) in [5.74, 6) is 4.74. The van der Waals surface area contributed by atoms with Crippen LogP contribution in [0.1, 0.15) is 112 Å². The van der Waals surface area contributed by atoms with E-state index in [4.69, 9.17) is 21.4 Å². The van der Waals surface area contributed by atoms with E-state index < -0.39 is 5.43 Å². The second-order valence-corrected chi connectivity index (χ2v) is 10.4. The number of anilines is 1. The van der Waals surface area contributed by atoms with E-state index in [1.54, 1.807) is 18.2 Å². The molecule has 0 unspecified atom stereocenters. The van der Waals surface area contributed by atoms with Crippen LogP contribution in [-0.2, 0) is 6.42 Å². The maximum atomic E-state index is 12.9. The molecule has 0 aliphatic heterocycles. The summed E-state index contributed by atoms with van der Waals surface area (Å²) in [5.41, 5.74) is 9.24. The second kappa shape index (κ2) is 16.5. The van der Waals surface area contributed by atoms with Gasteiger partial charge in [-0.15, -0.1) is 0 Å². The van der Waals surface area contributed by atoms with E-state index in [2.05, 4.69) is 35.8 Å². The van der Waals surface area contributed by atoms with Crippen LogP contribution < -0.4 is 22.4 Å². The van der Waals surface area contributed by atoms with Gasteiger partial charge in [-0.2, -0.15) is 0 Å². The van der Waals surface area contributed by atoms with Crippen LogP contribution in [0.3, 0.4) is 0 Å². The molecule has 0 saturated carbocycles. The maximum Gasteiger partial charge on any atom is 0.216 e. The molecule has 2 aromatic carbocycles. The highest BCUT2D eigenvalue weighted by molar-refractivity contribution is 6.07. The summed E-state index contributed by atoms with van der Waals surface area (Å²) in [4.78, 5) is 25.5. The topological polar surface area (TPSA) is 135 Å². The number of carbonyl (C=O) groups excluding carboxylic acids is 1. The van der Waals surface area contributed by atoms with Gasteiger partial charge in [-0.05, 0) is 37.0 Å². The van der Waals surface area contributed by atoms with Crippen LogP contribution in [0.2, 0.25) is 0 Å². The van der Waals surface area contributed by atoms with Crippen molar-refractivity contribution >= 4 is 28.3 Å². The number of ketones is 1. The normalized spacial score (nSPS) is 11.1. The molecule has 1 heterocycles. The van der Waals surface area contributed by atoms with E-state index in [9.17, 15) is 9.59 Å². The number of Topliss-reactive ketones (excluding diaryl/α,β-unsaturated/α-hetero) is 1. The van der Waals surface area contributed by atoms with Crippen LogP contribution in [-0.4, -0.2) is 11.6 Å². The van der Waals surface area contributed by atoms with Crippen molar-refractivity contribution in [3.63, 3.8) is 0 Å². The Morgan fingerprint density at radius 3 is 1.92 bits per heavy atom. The third kappa shape index (κ3) is 9.36. The van der Waals surface area contributed by atoms with E-state index >= 15 is 0 Å². The Hall–Kier alpha value is -3.45. The molecule has 0 bridgehead atoms. The Kier molecular flexibility index (Phi) is 12.7. The fourth-order valence-corrected chi connectivity index (χ4v) is 5.04. The van der Waals surface area contributed by atoms with Crippen molar-refractivity contribution in [2.45, 2.75) is 96.3 Å². The van der Waals surface area contributed by atoms with E-state index in [0.29, 0.717) is 12.0 Å². The molecular formula is C32H44N4O3. The molecule has 0 aliphatic rings. The van der Waals surface area contributed by atoms with Gasteiger partial charge in [0.15, 0.2) is 17.4 Å². The van der Waals surface area contributed by atoms with Gasteiger partial charge in [-0.3, -0.25) is 15.0 Å². The molecule has 6 N–H and O–H groups in total. The summed E-state index contributed by atoms with van der Waals surface area (Å²) in [6, 6.07) is 15.6. The Labute approximate surface area is 231 Å². The number of hydrazine groups is 1. The minimum absolute atomic E-state index is 0.0771. The lowest BCUT2D eigenvalue weighted by Gasteiger charge is -2.10. The highest BCUT2D eigenvalue weighted by Gasteiger charge is 2.19. The first-order valence-corrected chi connectivity index (χ1v) is 14.5. The zero-order valence-corrected chi connectivity index (χ0v) is 23.1. The first kappa shape index (κ1) is 30.1. The number of amidine groups is 1. The van der Waals surface area contributed by atoms with Gasteiger partial charge in [0, 0.05) is 6.42 Å². The summed E-state index contributed by atoms with van der Waals surface area (Å²) in [5, 5.41) is 8.06. The number of benzene rings is 2. The van der Waals surface area contributed by atoms with Crippen LogP contribution in [0.15, 0.2) is 57.7 Å². The number of hydrogen-bond acceptors (Lipinski definition) is 6. The Morgan fingerprint density at radius 2 is 1.33 bits per heavy atom. The SMILES string of the molecule is N=C(NN)c1oc2c(C(=O)CCCCCCCCCCCCCCCc3ccccc3)cccc2c(=O)c1N. The van der Waals surface area contributed by atoms with Gasteiger partial charge in [0.05, 0.1) is 10.9 Å². The Bertz CT molecular complexity index is 1250. The number of nitrogens with two attached hydrogens (primary N) is 2. The number of rotatable bonds is 18. The number of nitrogen functional groups attached to an aromatic ring is 1. The molecule has 1 aromatic heterocycles. The third-order valence-electron chi connectivity index (χ3n) is 7.34. The molecule has 7 heteroatoms. The number of aryl methyl sites for hydroxylation is 1. The van der Waals surface area contributed by atoms with Crippen LogP contribution in [0, 0.1) is 5.41 Å². The van der Waals surface area contributed by atoms with Gasteiger partial charge in [0.25, 0.3) is 0 Å². The molecule has 3 aromatic rings. The molecule has 0 spiro atoms. The van der Waals surface area contributed by atoms with Crippen LogP contribution >= 0.6 is 0 Å². The molecule has 39 heavy (non-hydrogen) atoms. The van der Waals surface area contributed by atoms with E-state index in [1.807, 2.05) is 0 Å². The minimum Gasteiger partial charge on any atom is -0.450 e. The van der Waals surface area contributed by atoms with Gasteiger partial charge < -0.3 is 15.6 Å². The van der Waals surface area contributed by atoms with Crippen LogP contribution in [0.4, 0.5) is 5.69 Å². The van der Waals surface area contributed by atoms with Crippen LogP contribution in [0.25, 0.3) is 11.0 Å². The zero-order valence-electron chi connectivity index (χ0n) is 23.1. The van der Waals surface area contributed by atoms with Gasteiger partial charge in [-0.25, -0.2) is 5.84 Å². The van der Waals surface area contributed by atoms with Gasteiger partial charge >= 0.3 is 0 Å². The monoisotopic (exact) mass is 532 g/mol. The molecule has 0 fully saturated rings. The number of unbranched alkanes of at least 4 members (excludes halogenated alkanes) is 12. The molecule has 0 saturated heterocycles. The highest BCUT2D eigenvalue weighted by atomic mass is 16.3. The number of para-hydroxylation sites is 1. The molecule has 0 radical (unpaired) electrons. The van der Waals surface area contributed by atoms with E-state index in [-0.39, 0.29) is 34.0 Å². The number of fused-ring (bicyclic) bond motifs is 1. The number of hydrogen-bond donors (Lipinski definition) is 4. The molecule has 3 rings (SSSR count). The molecule has 210 valence electrons. The van der Waals surface area contributed by atoms with Crippen molar-refractivity contribution in [3.8, 4) is 0 Å². The van der Waals surface area contributed by atoms with Gasteiger partial charge in [0.1, 0.15) is 11.3 Å². The van der Waals surface area contributed by atoms with Crippen LogP contribution in [0.5, 0.6) is 0 Å². The third-order valence-corrected chi connectivity index (χ3v) is 7.34. The number of nitrogens with one attached hydrogen (secondary N) is 2. The van der Waals surface area contributed by atoms with Crippen molar-refractivity contribution in [2.75, 3.05) is 5.73 Å². The molecule has 0 atom stereocenters. The van der Waals surface area contributed by atoms with E-state index in [0.717, 1.165) is 19.3 Å². The van der Waals surface area contributed by atoms with Crippen molar-refractivity contribution in [1.82, 2.24) is 5.43 Å². The lowest BCUT2D eigenvalue weighted by molar-refractivity contribution is 0.0979. The standard InChI is InChI=1S/C32H44N4O3/c33-28-29(38)26-22-17-21-25(30(26)39-31(28)32(34)36-35)27(37)23-16-11-9-7-5-3-1-2-4-6-8-10-13-18-24-19-14-12-15-20-24/h12,14-15,17,19-22H,1-11,13,16,18,23,33,35H2,(H2,34,36). The molecular weight excluding hydrogens is 488 g/mol. The summed E-state index contributed by atoms with van der Waals surface area (Å²) < 4.78 is 5.71. The van der Waals surface area contributed by atoms with Crippen molar-refractivity contribution in [1.29, 1.82) is 5.41 Å². The smallest absolute Gasteiger partial charge is 0.216 e. The van der Waals surface area contributed by atoms with Crippen molar-refractivity contribution in [3.05, 3.63) is 75.6 Å². The largest absolute Gasteiger partial charge is 0.450 e. The Balaban J connectivity index is 1.25. The van der Waals surface area contributed by atoms with E-state index in [1.165, 1.54) is 76.2 Å². The first-order chi connectivity index (χ1) is 19.0. The fourth-order valence-electron chi connectivity index (χ4n) is 5.04. The average Bonchev–Trinajstić information content (AvgIpc) is 2.96. The highest BCUT2D eigenvalue weighted by Crippen LogP contribution is 2.23. The first-order valence-electron chi connectivity index (χ1n) is 14.5. The zero-order chi connectivity index (χ0) is 27.9. The number of carbonyl (C=O) groups is 1. The van der Waals surface area contributed by atoms with Gasteiger partial charge in [-0.1, -0.05) is 107 Å². The summed E-state index contributed by atoms with van der Waals surface area (Å²) in [6.45, 7) is 0. The molecule has 7 nitrogen and oxygen atoms in total. The maximum absolute atomic E-state index is 12.9. The predicted octanol–water partition coefficient (Wildman–Crippen LogP) is 7.05. The van der Waals surface area contributed by atoms with Crippen molar-refractivity contribution < 1.29 is 9.21 Å². The second-order valence-electron chi connectivity index (χ2n) is 10.4. The average molecular weight is 533 g/mol. The molecule has 0 aliphatic carbocycles. The quantitative estimate of drug-likeness (QED) is 0.0346. The Morgan fingerprint density at radius 1 is 0.769 bits per heavy atom. The minimum atomic E-state index is -0.472. The summed E-state index contributed by atoms with van der Waals surface area (Å²) >= 11 is 0. The summed E-state index contributed by atoms with van der Waals surface area (Å²) in [7, 11) is 0. The lowest BCUT2D eigenvalue weighted by atomic mass is 10.0. The lowest BCUT2D eigenvalue weighted by Crippen LogP contribution is -2.32. The predicted molar refractivity (Wildman–Crippen MR) is 160 cm³/mol.